The third-order valence-electron chi connectivity index (χ3n) is 1.73. The molecule has 1 unspecified atom stereocenters. The molecule has 0 bridgehead atoms. The fourth-order valence-electron chi connectivity index (χ4n) is 0.757. The summed E-state index contributed by atoms with van der Waals surface area (Å²) in [6, 6.07) is 0. The van der Waals surface area contributed by atoms with E-state index in [1.165, 1.54) is 37.2 Å². The van der Waals surface area contributed by atoms with E-state index in [0.29, 0.717) is 0 Å². The molecule has 0 nitrogen and oxygen atoms in total. The summed E-state index contributed by atoms with van der Waals surface area (Å²) in [4.78, 5) is 0. The summed E-state index contributed by atoms with van der Waals surface area (Å²) in [6.07, 6.45) is 0. The van der Waals surface area contributed by atoms with Gasteiger partial charge in [0.25, 0.3) is 0 Å². The molecule has 46 heteroatoms. The average molecular weight is 1430 g/mol. The van der Waals surface area contributed by atoms with Crippen molar-refractivity contribution >= 4 is 349 Å². The molecule has 0 saturated carbocycles. The van der Waals surface area contributed by atoms with Gasteiger partial charge in [-0.05, 0) is 68.0 Å². The second-order valence-electron chi connectivity index (χ2n) is 3.96. The Balaban J connectivity index is 4.05. The van der Waals surface area contributed by atoms with E-state index >= 15 is 0 Å². The Morgan fingerprint density at radius 1 is 0.174 bits per heavy atom. The molecule has 0 fully saturated rings. The summed E-state index contributed by atoms with van der Waals surface area (Å²) in [5.74, 6) is 0. The molecule has 0 amide bonds. The topological polar surface area (TPSA) is 0 Å². The maximum atomic E-state index is 4.23. The SMILES string of the molecule is P#P=P\P=P/P=P\P=P/P=P\P=P/P=P\P=P/P=P\P=P/P=P\P=P/P=P\P=P/P=P\P=P/P=P\P=P/P=P\P=P/P=P\P=P/P. The van der Waals surface area contributed by atoms with Gasteiger partial charge in [0.05, 0.1) is 0 Å². The van der Waals surface area contributed by atoms with Crippen LogP contribution in [0.4, 0.5) is 0 Å². The Bertz CT molecular complexity index is 1500. The van der Waals surface area contributed by atoms with E-state index in [1.54, 1.807) is 295 Å². The summed E-state index contributed by atoms with van der Waals surface area (Å²) in [7, 11) is 75.2. The van der Waals surface area contributed by atoms with E-state index in [0.717, 1.165) is 0 Å². The van der Waals surface area contributed by atoms with Crippen LogP contribution in [0.15, 0.2) is 0 Å². The van der Waals surface area contributed by atoms with Crippen molar-refractivity contribution in [3.8, 4) is 0 Å². The van der Waals surface area contributed by atoms with Crippen LogP contribution in [-0.4, -0.2) is 0 Å². The zero-order valence-corrected chi connectivity index (χ0v) is 62.1. The fourth-order valence-corrected chi connectivity index (χ4v) is 184. The third kappa shape index (κ3) is 58.2. The Labute approximate surface area is 344 Å². The normalized spacial score (nSPS) is 15.2. The minimum atomic E-state index is 1.21. The van der Waals surface area contributed by atoms with Crippen LogP contribution in [0.2, 0.25) is 0 Å². The summed E-state index contributed by atoms with van der Waals surface area (Å²) in [5, 5.41) is 0. The van der Waals surface area contributed by atoms with Gasteiger partial charge >= 0.3 is 106 Å². The molecule has 0 aliphatic heterocycles. The molecule has 0 aromatic carbocycles. The van der Waals surface area contributed by atoms with Crippen molar-refractivity contribution in [1.29, 1.82) is 0 Å². The smallest absolute Gasteiger partial charge is 0.0774 e. The Hall–Kier alpha value is 14.2. The standard InChI is InChI=1S/H2P46/c1-3-5-7-9-11-13-15-17-19-21-23-25-27-29-31-33-35-37-39-41-43-45-46-44-42-40-38-36-34-32-30-28-26-24-22-20-18-16-14-12-10-8-6-4-2/h1H2. The molecule has 0 heterocycles. The zero-order chi connectivity index (χ0) is 33.1. The van der Waals surface area contributed by atoms with Gasteiger partial charge in [0.15, 0.2) is 0 Å². The maximum absolute atomic E-state index is 4.23. The first-order valence-electron chi connectivity index (χ1n) is 9.06. The van der Waals surface area contributed by atoms with Gasteiger partial charge in [-0.15, -0.1) is 0 Å². The average Bonchev–Trinajstić information content (AvgIpc) is 3.07. The summed E-state index contributed by atoms with van der Waals surface area (Å²) in [5.41, 5.74) is 0. The van der Waals surface area contributed by atoms with Crippen molar-refractivity contribution in [3.63, 3.8) is 0 Å². The van der Waals surface area contributed by atoms with E-state index in [4.69, 9.17) is 0 Å². The molecule has 1 atom stereocenters. The molecule has 0 aromatic heterocycles. The molecule has 0 aromatic rings. The van der Waals surface area contributed by atoms with Gasteiger partial charge in [0.1, 0.15) is 0 Å². The molecular weight excluding hydrogens is 1420 g/mol. The first-order valence-corrected chi connectivity index (χ1v) is 81.5. The van der Waals surface area contributed by atoms with Crippen LogP contribution in [0, 0.1) is 0 Å². The second kappa shape index (κ2) is 59.2. The molecular formula is H2P46. The predicted octanol–water partition coefficient (Wildman–Crippen LogP) is 39.1. The minimum Gasteiger partial charge on any atom is -0.0774 e. The minimum absolute atomic E-state index is 1.21. The molecule has 0 aliphatic rings. The van der Waals surface area contributed by atoms with Crippen LogP contribution in [0.25, 0.3) is 0 Å². The molecule has 46 heavy (non-hydrogen) atoms. The Morgan fingerprint density at radius 2 is 0.283 bits per heavy atom. The van der Waals surface area contributed by atoms with Gasteiger partial charge in [-0.3, -0.25) is 0 Å². The zero-order valence-electron chi connectivity index (χ0n) is 20.7. The fraction of sp³-hybridized carbons (Fsp3) is 0. The summed E-state index contributed by atoms with van der Waals surface area (Å²) < 4.78 is 0. The summed E-state index contributed by atoms with van der Waals surface area (Å²) in [6.45, 7) is 1.21. The van der Waals surface area contributed by atoms with Crippen molar-refractivity contribution < 1.29 is 0 Å². The van der Waals surface area contributed by atoms with Gasteiger partial charge in [-0.1, -0.05) is 8.93 Å². The van der Waals surface area contributed by atoms with Crippen LogP contribution in [-0.2, 0) is 0 Å². The van der Waals surface area contributed by atoms with Gasteiger partial charge in [0.2, 0.25) is 0 Å². The first-order chi connectivity index (χ1) is 22.9. The molecule has 0 saturated heterocycles. The van der Waals surface area contributed by atoms with Crippen LogP contribution in [0.3, 0.4) is 0 Å². The van der Waals surface area contributed by atoms with E-state index in [1.807, 2.05) is 0 Å². The number of hydrogen-bond donors (Lipinski definition) is 0. The van der Waals surface area contributed by atoms with Crippen LogP contribution in [0.1, 0.15) is 0 Å². The van der Waals surface area contributed by atoms with Crippen molar-refractivity contribution in [1.82, 2.24) is 0 Å². The second-order valence-corrected chi connectivity index (χ2v) is 107. The van der Waals surface area contributed by atoms with Gasteiger partial charge in [0, 0.05) is 166 Å². The quantitative estimate of drug-likeness (QED) is 0.101. The van der Waals surface area contributed by atoms with Crippen molar-refractivity contribution in [3.05, 3.63) is 0 Å². The van der Waals surface area contributed by atoms with Gasteiger partial charge in [-0.2, -0.15) is 0 Å². The first kappa shape index (κ1) is 60.2. The van der Waals surface area contributed by atoms with Crippen LogP contribution < -0.4 is 0 Å². The van der Waals surface area contributed by atoms with E-state index in [-0.39, 0.29) is 0 Å². The molecule has 0 N–H and O–H groups in total. The van der Waals surface area contributed by atoms with Crippen molar-refractivity contribution in [2.24, 2.45) is 0 Å². The van der Waals surface area contributed by atoms with Crippen LogP contribution in [0.5, 0.6) is 0 Å². The molecule has 0 radical (unpaired) electrons. The Kier molecular flexibility index (Phi) is 77.4. The monoisotopic (exact) mass is 1430 g/mol. The van der Waals surface area contributed by atoms with Gasteiger partial charge in [-0.25, -0.2) is 0 Å². The van der Waals surface area contributed by atoms with E-state index < -0.39 is 0 Å². The number of rotatable bonds is 21. The predicted molar refractivity (Wildman–Crippen MR) is 321 cm³/mol. The Morgan fingerprint density at radius 3 is 0.391 bits per heavy atom. The van der Waals surface area contributed by atoms with Crippen LogP contribution >= 0.6 is 349 Å². The molecule has 232 valence electrons. The molecule has 0 spiro atoms. The van der Waals surface area contributed by atoms with Gasteiger partial charge < -0.3 is 0 Å². The number of hydrogen-bond acceptors (Lipinski definition) is 0. The van der Waals surface area contributed by atoms with Crippen molar-refractivity contribution in [2.45, 2.75) is 0 Å². The third-order valence-corrected chi connectivity index (χ3v) is 140. The van der Waals surface area contributed by atoms with E-state index in [9.17, 15) is 0 Å². The molecule has 0 rings (SSSR count). The molecule has 0 aliphatic carbocycles. The summed E-state index contributed by atoms with van der Waals surface area (Å²) >= 11 is 0. The van der Waals surface area contributed by atoms with Crippen molar-refractivity contribution in [2.75, 3.05) is 0 Å². The van der Waals surface area contributed by atoms with E-state index in [2.05, 4.69) is 17.3 Å².